The summed E-state index contributed by atoms with van der Waals surface area (Å²) in [5.41, 5.74) is 0.102. The second-order valence-corrected chi connectivity index (χ2v) is 8.55. The number of halogens is 6. The molecule has 2 atom stereocenters. The summed E-state index contributed by atoms with van der Waals surface area (Å²) in [6, 6.07) is 4.97. The molecule has 0 bridgehead atoms. The summed E-state index contributed by atoms with van der Waals surface area (Å²) in [6.45, 7) is 0.218. The summed E-state index contributed by atoms with van der Waals surface area (Å²) in [7, 11) is 0. The van der Waals surface area contributed by atoms with Crippen LogP contribution < -0.4 is 5.32 Å². The predicted molar refractivity (Wildman–Crippen MR) is 111 cm³/mol. The molecule has 2 heterocycles. The van der Waals surface area contributed by atoms with Crippen molar-refractivity contribution >= 4 is 22.5 Å². The van der Waals surface area contributed by atoms with Crippen LogP contribution in [0.4, 0.5) is 32.0 Å². The van der Waals surface area contributed by atoms with Crippen LogP contribution in [0.25, 0.3) is 10.9 Å². The van der Waals surface area contributed by atoms with Gasteiger partial charge in [0, 0.05) is 36.4 Å². The average Bonchev–Trinajstić information content (AvgIpc) is 2.78. The Balaban J connectivity index is 1.39. The number of benzene rings is 1. The number of nitrogens with zero attached hydrogens (tertiary/aromatic N) is 2. The third-order valence-corrected chi connectivity index (χ3v) is 6.36. The number of hydrogen-bond donors (Lipinski definition) is 1. The van der Waals surface area contributed by atoms with Crippen LogP contribution in [0, 0.1) is 11.8 Å². The van der Waals surface area contributed by atoms with E-state index in [2.05, 4.69) is 10.3 Å². The largest absolute Gasteiger partial charge is 0.416 e. The Labute approximate surface area is 186 Å². The maximum Gasteiger partial charge on any atom is 0.416 e. The number of fused-ring (bicyclic) bond motifs is 1. The van der Waals surface area contributed by atoms with Crippen LogP contribution in [0.15, 0.2) is 42.6 Å². The first kappa shape index (κ1) is 23.4. The molecule has 10 heteroatoms. The highest BCUT2D eigenvalue weighted by Gasteiger charge is 2.42. The maximum atomic E-state index is 13.0. The molecule has 1 aromatic carbocycles. The number of piperidine rings is 1. The van der Waals surface area contributed by atoms with Gasteiger partial charge in [0.1, 0.15) is 0 Å². The van der Waals surface area contributed by atoms with Gasteiger partial charge < -0.3 is 10.2 Å². The zero-order valence-corrected chi connectivity index (χ0v) is 17.6. The predicted octanol–water partition coefficient (Wildman–Crippen LogP) is 5.80. The molecule has 1 amide bonds. The summed E-state index contributed by atoms with van der Waals surface area (Å²) >= 11 is 0. The van der Waals surface area contributed by atoms with E-state index in [9.17, 15) is 31.1 Å². The van der Waals surface area contributed by atoms with E-state index in [1.54, 1.807) is 12.1 Å². The molecular weight excluding hydrogens is 448 g/mol. The van der Waals surface area contributed by atoms with Gasteiger partial charge in [0.15, 0.2) is 0 Å². The SMILES string of the molecule is O=C(C1C=CC(Nc2ccnc3cc(C(F)(F)F)ccc23)CC1)N1CCC(C(F)(F)F)CC1. The molecule has 1 fully saturated rings. The standard InChI is InChI=1S/C23H23F6N3O/c24-22(25,26)15-8-11-32(12-9-15)21(33)14-1-4-17(5-2-14)31-19-7-10-30-20-13-16(23(27,28)29)3-6-18(19)20/h1,3-4,6-7,10,13-15,17H,2,5,8-9,11-12H2,(H,30,31). The molecule has 0 saturated carbocycles. The van der Waals surface area contributed by atoms with Crippen LogP contribution in [-0.2, 0) is 11.0 Å². The van der Waals surface area contributed by atoms with Gasteiger partial charge in [-0.2, -0.15) is 26.3 Å². The zero-order chi connectivity index (χ0) is 23.8. The molecule has 1 aliphatic heterocycles. The van der Waals surface area contributed by atoms with Crippen molar-refractivity contribution in [2.45, 2.75) is 44.1 Å². The Morgan fingerprint density at radius 2 is 1.70 bits per heavy atom. The Kier molecular flexibility index (Phi) is 6.28. The molecule has 178 valence electrons. The van der Waals surface area contributed by atoms with E-state index in [4.69, 9.17) is 0 Å². The van der Waals surface area contributed by atoms with Gasteiger partial charge in [-0.3, -0.25) is 9.78 Å². The molecule has 33 heavy (non-hydrogen) atoms. The van der Waals surface area contributed by atoms with E-state index in [0.29, 0.717) is 23.9 Å². The van der Waals surface area contributed by atoms with Crippen molar-refractivity contribution in [2.24, 2.45) is 11.8 Å². The van der Waals surface area contributed by atoms with Crippen LogP contribution in [0.5, 0.6) is 0 Å². The first-order valence-electron chi connectivity index (χ1n) is 10.8. The minimum atomic E-state index is -4.45. The number of nitrogens with one attached hydrogen (secondary N) is 1. The maximum absolute atomic E-state index is 13.0. The minimum absolute atomic E-state index is 0.0684. The van der Waals surface area contributed by atoms with Crippen molar-refractivity contribution in [2.75, 3.05) is 18.4 Å². The Hall–Kier alpha value is -2.78. The molecule has 0 spiro atoms. The van der Waals surface area contributed by atoms with Crippen LogP contribution in [-0.4, -0.2) is 41.1 Å². The van der Waals surface area contributed by atoms with Gasteiger partial charge in [-0.1, -0.05) is 18.2 Å². The van der Waals surface area contributed by atoms with Crippen molar-refractivity contribution in [1.82, 2.24) is 9.88 Å². The molecule has 2 aromatic rings. The fourth-order valence-corrected chi connectivity index (χ4v) is 4.46. The smallest absolute Gasteiger partial charge is 0.378 e. The third-order valence-electron chi connectivity index (χ3n) is 6.36. The number of alkyl halides is 6. The highest BCUT2D eigenvalue weighted by atomic mass is 19.4. The van der Waals surface area contributed by atoms with Gasteiger partial charge in [-0.15, -0.1) is 0 Å². The molecule has 1 aromatic heterocycles. The highest BCUT2D eigenvalue weighted by Crippen LogP contribution is 2.36. The molecule has 4 nitrogen and oxygen atoms in total. The quantitative estimate of drug-likeness (QED) is 0.455. The summed E-state index contributed by atoms with van der Waals surface area (Å²) in [4.78, 5) is 18.3. The first-order valence-corrected chi connectivity index (χ1v) is 10.8. The lowest BCUT2D eigenvalue weighted by Gasteiger charge is -2.35. The monoisotopic (exact) mass is 471 g/mol. The molecule has 2 unspecified atom stereocenters. The van der Waals surface area contributed by atoms with E-state index in [1.165, 1.54) is 17.2 Å². The number of aromatic nitrogens is 1. The minimum Gasteiger partial charge on any atom is -0.378 e. The van der Waals surface area contributed by atoms with Crippen molar-refractivity contribution < 1.29 is 31.1 Å². The average molecular weight is 471 g/mol. The topological polar surface area (TPSA) is 45.2 Å². The van der Waals surface area contributed by atoms with E-state index >= 15 is 0 Å². The normalized spacial score (nSPS) is 22.5. The number of anilines is 1. The van der Waals surface area contributed by atoms with Gasteiger partial charge in [-0.05, 0) is 43.9 Å². The first-order chi connectivity index (χ1) is 15.5. The Bertz CT molecular complexity index is 1040. The van der Waals surface area contributed by atoms with Crippen LogP contribution in [0.3, 0.4) is 0 Å². The molecule has 1 saturated heterocycles. The summed E-state index contributed by atoms with van der Waals surface area (Å²) in [5, 5.41) is 3.85. The van der Waals surface area contributed by atoms with E-state index < -0.39 is 23.8 Å². The highest BCUT2D eigenvalue weighted by molar-refractivity contribution is 5.91. The van der Waals surface area contributed by atoms with Gasteiger partial charge in [0.2, 0.25) is 5.91 Å². The number of amides is 1. The van der Waals surface area contributed by atoms with E-state index in [0.717, 1.165) is 12.1 Å². The van der Waals surface area contributed by atoms with E-state index in [-0.39, 0.29) is 49.3 Å². The molecule has 4 rings (SSSR count). The summed E-state index contributed by atoms with van der Waals surface area (Å²) < 4.78 is 77.4. The molecule has 0 radical (unpaired) electrons. The van der Waals surface area contributed by atoms with Crippen molar-refractivity contribution in [1.29, 1.82) is 0 Å². The van der Waals surface area contributed by atoms with Crippen molar-refractivity contribution in [3.05, 3.63) is 48.2 Å². The van der Waals surface area contributed by atoms with Crippen molar-refractivity contribution in [3.63, 3.8) is 0 Å². The Morgan fingerprint density at radius 1 is 0.970 bits per heavy atom. The second kappa shape index (κ2) is 8.87. The van der Waals surface area contributed by atoms with Crippen LogP contribution in [0.1, 0.15) is 31.2 Å². The fourth-order valence-electron chi connectivity index (χ4n) is 4.46. The number of carbonyl (C=O) groups excluding carboxylic acids is 1. The van der Waals surface area contributed by atoms with Crippen LogP contribution >= 0.6 is 0 Å². The molecule has 2 aliphatic rings. The third kappa shape index (κ3) is 5.25. The van der Waals surface area contributed by atoms with Crippen molar-refractivity contribution in [3.8, 4) is 0 Å². The summed E-state index contributed by atoms with van der Waals surface area (Å²) in [5.74, 6) is -1.88. The fraction of sp³-hybridized carbons (Fsp3) is 0.478. The van der Waals surface area contributed by atoms with Gasteiger partial charge in [0.25, 0.3) is 0 Å². The van der Waals surface area contributed by atoms with Gasteiger partial charge in [0.05, 0.1) is 22.9 Å². The molecule has 1 aliphatic carbocycles. The van der Waals surface area contributed by atoms with Gasteiger partial charge in [-0.25, -0.2) is 0 Å². The van der Waals surface area contributed by atoms with E-state index in [1.807, 2.05) is 6.08 Å². The Morgan fingerprint density at radius 3 is 2.30 bits per heavy atom. The van der Waals surface area contributed by atoms with Gasteiger partial charge >= 0.3 is 12.4 Å². The number of carbonyl (C=O) groups is 1. The number of pyridine rings is 1. The zero-order valence-electron chi connectivity index (χ0n) is 17.6. The second-order valence-electron chi connectivity index (χ2n) is 8.55. The number of hydrogen-bond acceptors (Lipinski definition) is 3. The lowest BCUT2D eigenvalue weighted by atomic mass is 9.89. The molecule has 1 N–H and O–H groups in total. The van der Waals surface area contributed by atoms with Crippen LogP contribution in [0.2, 0.25) is 0 Å². The summed E-state index contributed by atoms with van der Waals surface area (Å²) in [6.07, 6.45) is -2.62. The number of likely N-dealkylation sites (tertiary alicyclic amines) is 1. The molecular formula is C23H23F6N3O. The lowest BCUT2D eigenvalue weighted by Crippen LogP contribution is -2.44. The lowest BCUT2D eigenvalue weighted by molar-refractivity contribution is -0.186. The number of rotatable bonds is 3.